The molecule has 2 aromatic rings. The van der Waals surface area contributed by atoms with E-state index in [1.165, 1.54) is 12.1 Å². The van der Waals surface area contributed by atoms with Crippen molar-refractivity contribution in [2.24, 2.45) is 0 Å². The average Bonchev–Trinajstić information content (AvgIpc) is 2.74. The largest absolute Gasteiger partial charge is 0.353 e. The molecule has 10 heteroatoms. The zero-order valence-electron chi connectivity index (χ0n) is 16.3. The Morgan fingerprint density at radius 3 is 2.33 bits per heavy atom. The molecule has 0 saturated carbocycles. The number of likely N-dealkylation sites (tertiary alicyclic amines) is 1. The van der Waals surface area contributed by atoms with Gasteiger partial charge in [-0.2, -0.15) is 0 Å². The highest BCUT2D eigenvalue weighted by molar-refractivity contribution is 7.89. The Bertz CT molecular complexity index is 976. The molecule has 2 heterocycles. The van der Waals surface area contributed by atoms with Crippen molar-refractivity contribution in [3.8, 4) is 0 Å². The number of pyridine rings is 1. The first-order valence-corrected chi connectivity index (χ1v) is 11.1. The first-order chi connectivity index (χ1) is 14.3. The molecular formula is C20H23FN4O4S. The third-order valence-corrected chi connectivity index (χ3v) is 6.32. The molecule has 1 aliphatic heterocycles. The number of sulfonamides is 1. The van der Waals surface area contributed by atoms with Gasteiger partial charge in [-0.3, -0.25) is 14.6 Å². The highest BCUT2D eigenvalue weighted by Crippen LogP contribution is 2.14. The van der Waals surface area contributed by atoms with Crippen LogP contribution in [0.2, 0.25) is 0 Å². The minimum Gasteiger partial charge on any atom is -0.353 e. The van der Waals surface area contributed by atoms with Gasteiger partial charge in [0.25, 0.3) is 5.91 Å². The highest BCUT2D eigenvalue weighted by Gasteiger charge is 2.24. The van der Waals surface area contributed by atoms with E-state index in [0.29, 0.717) is 31.5 Å². The summed E-state index contributed by atoms with van der Waals surface area (Å²) < 4.78 is 39.5. The van der Waals surface area contributed by atoms with Crippen LogP contribution in [0.25, 0.3) is 0 Å². The normalized spacial score (nSPS) is 15.0. The SMILES string of the molecule is O=C(CCNS(=O)(=O)c1ccc(F)cc1)NC1CCN(C(=O)c2ccncc2)CC1. The number of carbonyl (C=O) groups is 2. The maximum absolute atomic E-state index is 12.9. The molecule has 1 aliphatic rings. The van der Waals surface area contributed by atoms with E-state index < -0.39 is 15.8 Å². The van der Waals surface area contributed by atoms with Crippen LogP contribution in [0.3, 0.4) is 0 Å². The first kappa shape index (κ1) is 21.8. The van der Waals surface area contributed by atoms with Gasteiger partial charge in [0, 0.05) is 50.1 Å². The number of aromatic nitrogens is 1. The van der Waals surface area contributed by atoms with E-state index in [2.05, 4.69) is 15.0 Å². The molecule has 1 aromatic heterocycles. The number of carbonyl (C=O) groups excluding carboxylic acids is 2. The minimum atomic E-state index is -3.79. The molecule has 1 aromatic carbocycles. The van der Waals surface area contributed by atoms with Gasteiger partial charge in [-0.1, -0.05) is 0 Å². The number of hydrogen-bond donors (Lipinski definition) is 2. The maximum Gasteiger partial charge on any atom is 0.253 e. The van der Waals surface area contributed by atoms with Crippen molar-refractivity contribution in [1.29, 1.82) is 0 Å². The Morgan fingerprint density at radius 2 is 1.70 bits per heavy atom. The molecule has 160 valence electrons. The van der Waals surface area contributed by atoms with Gasteiger partial charge in [0.15, 0.2) is 0 Å². The highest BCUT2D eigenvalue weighted by atomic mass is 32.2. The van der Waals surface area contributed by atoms with Crippen LogP contribution in [-0.4, -0.2) is 55.8 Å². The molecule has 1 saturated heterocycles. The number of hydrogen-bond acceptors (Lipinski definition) is 5. The number of nitrogens with zero attached hydrogens (tertiary/aromatic N) is 2. The molecule has 1 fully saturated rings. The van der Waals surface area contributed by atoms with Gasteiger partial charge in [-0.25, -0.2) is 17.5 Å². The zero-order chi connectivity index (χ0) is 21.6. The van der Waals surface area contributed by atoms with Crippen LogP contribution < -0.4 is 10.0 Å². The van der Waals surface area contributed by atoms with Crippen molar-refractivity contribution in [2.75, 3.05) is 19.6 Å². The molecule has 0 spiro atoms. The van der Waals surface area contributed by atoms with E-state index in [4.69, 9.17) is 0 Å². The van der Waals surface area contributed by atoms with Crippen molar-refractivity contribution in [3.05, 3.63) is 60.2 Å². The number of amides is 2. The molecule has 0 unspecified atom stereocenters. The second-order valence-corrected chi connectivity index (χ2v) is 8.74. The van der Waals surface area contributed by atoms with Crippen LogP contribution >= 0.6 is 0 Å². The molecule has 0 atom stereocenters. The average molecular weight is 434 g/mol. The number of rotatable bonds is 7. The lowest BCUT2D eigenvalue weighted by atomic mass is 10.0. The predicted octanol–water partition coefficient (Wildman–Crippen LogP) is 1.31. The lowest BCUT2D eigenvalue weighted by Gasteiger charge is -2.32. The van der Waals surface area contributed by atoms with E-state index in [-0.39, 0.29) is 35.7 Å². The molecule has 0 aliphatic carbocycles. The number of benzene rings is 1. The van der Waals surface area contributed by atoms with Gasteiger partial charge >= 0.3 is 0 Å². The van der Waals surface area contributed by atoms with Crippen LogP contribution in [0.5, 0.6) is 0 Å². The summed E-state index contributed by atoms with van der Waals surface area (Å²) in [6, 6.07) is 7.73. The van der Waals surface area contributed by atoms with Crippen LogP contribution in [0.1, 0.15) is 29.6 Å². The standard InChI is InChI=1S/C20H23FN4O4S/c21-16-1-3-18(4-2-16)30(28,29)23-12-7-19(26)24-17-8-13-25(14-9-17)20(27)15-5-10-22-11-6-15/h1-6,10-11,17,23H,7-9,12-14H2,(H,24,26). The molecule has 0 radical (unpaired) electrons. The van der Waals surface area contributed by atoms with E-state index in [9.17, 15) is 22.4 Å². The molecular weight excluding hydrogens is 411 g/mol. The summed E-state index contributed by atoms with van der Waals surface area (Å²) in [5.41, 5.74) is 0.584. The van der Waals surface area contributed by atoms with Crippen LogP contribution in [0, 0.1) is 5.82 Å². The van der Waals surface area contributed by atoms with Gasteiger partial charge in [0.05, 0.1) is 4.90 Å². The van der Waals surface area contributed by atoms with E-state index >= 15 is 0 Å². The molecule has 30 heavy (non-hydrogen) atoms. The fraction of sp³-hybridized carbons (Fsp3) is 0.350. The van der Waals surface area contributed by atoms with Crippen LogP contribution in [0.15, 0.2) is 53.7 Å². The quantitative estimate of drug-likeness (QED) is 0.683. The molecule has 3 rings (SSSR count). The summed E-state index contributed by atoms with van der Waals surface area (Å²) in [5.74, 6) is -0.852. The Labute approximate surface area is 174 Å². The van der Waals surface area contributed by atoms with E-state index in [1.54, 1.807) is 29.4 Å². The van der Waals surface area contributed by atoms with Crippen molar-refractivity contribution in [2.45, 2.75) is 30.2 Å². The van der Waals surface area contributed by atoms with Crippen molar-refractivity contribution in [3.63, 3.8) is 0 Å². The van der Waals surface area contributed by atoms with Gasteiger partial charge in [0.2, 0.25) is 15.9 Å². The summed E-state index contributed by atoms with van der Waals surface area (Å²) >= 11 is 0. The van der Waals surface area contributed by atoms with Crippen LogP contribution in [0.4, 0.5) is 4.39 Å². The third-order valence-electron chi connectivity index (χ3n) is 4.84. The van der Waals surface area contributed by atoms with Crippen molar-refractivity contribution in [1.82, 2.24) is 19.9 Å². The summed E-state index contributed by atoms with van der Waals surface area (Å²) in [5, 5.41) is 2.88. The molecule has 2 amide bonds. The molecule has 0 bridgehead atoms. The predicted molar refractivity (Wildman–Crippen MR) is 108 cm³/mol. The van der Waals surface area contributed by atoms with Gasteiger partial charge in [-0.05, 0) is 49.2 Å². The number of nitrogens with one attached hydrogen (secondary N) is 2. The summed E-state index contributed by atoms with van der Waals surface area (Å²) in [6.45, 7) is 0.998. The van der Waals surface area contributed by atoms with Crippen molar-refractivity contribution >= 4 is 21.8 Å². The van der Waals surface area contributed by atoms with Gasteiger partial charge in [0.1, 0.15) is 5.82 Å². The summed E-state index contributed by atoms with van der Waals surface area (Å²) in [4.78, 5) is 30.1. The monoisotopic (exact) mass is 434 g/mol. The number of halogens is 1. The van der Waals surface area contributed by atoms with E-state index in [0.717, 1.165) is 12.1 Å². The Hall–Kier alpha value is -2.85. The fourth-order valence-corrected chi connectivity index (χ4v) is 4.23. The second kappa shape index (κ2) is 9.77. The van der Waals surface area contributed by atoms with Gasteiger partial charge in [-0.15, -0.1) is 0 Å². The van der Waals surface area contributed by atoms with Crippen molar-refractivity contribution < 1.29 is 22.4 Å². The lowest BCUT2D eigenvalue weighted by molar-refractivity contribution is -0.121. The smallest absolute Gasteiger partial charge is 0.253 e. The fourth-order valence-electron chi connectivity index (χ4n) is 3.20. The third kappa shape index (κ3) is 5.83. The van der Waals surface area contributed by atoms with Gasteiger partial charge < -0.3 is 10.2 Å². The number of piperidine rings is 1. The second-order valence-electron chi connectivity index (χ2n) is 6.97. The Kier molecular flexibility index (Phi) is 7.11. The summed E-state index contributed by atoms with van der Waals surface area (Å²) in [6.07, 6.45) is 4.39. The molecule has 2 N–H and O–H groups in total. The maximum atomic E-state index is 12.9. The topological polar surface area (TPSA) is 108 Å². The minimum absolute atomic E-state index is 0.0173. The van der Waals surface area contributed by atoms with E-state index in [1.807, 2.05) is 0 Å². The first-order valence-electron chi connectivity index (χ1n) is 9.59. The van der Waals surface area contributed by atoms with Crippen LogP contribution in [-0.2, 0) is 14.8 Å². The Morgan fingerprint density at radius 1 is 1.07 bits per heavy atom. The zero-order valence-corrected chi connectivity index (χ0v) is 17.1. The summed E-state index contributed by atoms with van der Waals surface area (Å²) in [7, 11) is -3.79. The lowest BCUT2D eigenvalue weighted by Crippen LogP contribution is -2.47. The Balaban J connectivity index is 1.40. The molecule has 8 nitrogen and oxygen atoms in total.